The first-order valence-corrected chi connectivity index (χ1v) is 1.99. The van der Waals surface area contributed by atoms with Crippen LogP contribution >= 0.6 is 0 Å². The minimum atomic E-state index is -0.373. The van der Waals surface area contributed by atoms with Gasteiger partial charge in [-0.05, 0) is 12.5 Å². The van der Waals surface area contributed by atoms with Crippen molar-refractivity contribution in [2.45, 2.75) is 6.42 Å². The van der Waals surface area contributed by atoms with Crippen LogP contribution in [-0.2, 0) is 9.53 Å². The van der Waals surface area contributed by atoms with Crippen molar-refractivity contribution >= 4 is 5.97 Å². The van der Waals surface area contributed by atoms with Crippen LogP contribution in [0.25, 0.3) is 0 Å². The van der Waals surface area contributed by atoms with Crippen molar-refractivity contribution in [2.24, 2.45) is 0 Å². The molecule has 0 saturated heterocycles. The lowest BCUT2D eigenvalue weighted by Crippen LogP contribution is -2.02. The number of cyclic esters (lactones) is 1. The monoisotopic (exact) mass is 96.0 g/mol. The van der Waals surface area contributed by atoms with Crippen LogP contribution in [-0.4, -0.2) is 5.97 Å². The van der Waals surface area contributed by atoms with Gasteiger partial charge in [-0.1, -0.05) is 0 Å². The summed E-state index contributed by atoms with van der Waals surface area (Å²) in [5.41, 5.74) is 0. The predicted molar refractivity (Wildman–Crippen MR) is 23.1 cm³/mol. The topological polar surface area (TPSA) is 26.3 Å². The molecule has 0 saturated carbocycles. The molecule has 0 aromatic heterocycles. The Kier molecular flexibility index (Phi) is 1.11. The number of ether oxygens (including phenoxy) is 1. The molecule has 0 aliphatic carbocycles. The van der Waals surface area contributed by atoms with Gasteiger partial charge >= 0.3 is 5.97 Å². The Morgan fingerprint density at radius 1 is 1.86 bits per heavy atom. The Balaban J connectivity index is 2.47. The molecule has 0 fully saturated rings. The van der Waals surface area contributed by atoms with E-state index in [0.29, 0.717) is 6.42 Å². The molecule has 0 N–H and O–H groups in total. The second kappa shape index (κ2) is 1.78. The average Bonchev–Trinajstić information content (AvgIpc) is 1.69. The van der Waals surface area contributed by atoms with Gasteiger partial charge in [0, 0.05) is 0 Å². The zero-order valence-electron chi connectivity index (χ0n) is 3.68. The zero-order valence-corrected chi connectivity index (χ0v) is 3.68. The summed E-state index contributed by atoms with van der Waals surface area (Å²) in [6.45, 7) is 0. The van der Waals surface area contributed by atoms with Gasteiger partial charge < -0.3 is 4.74 Å². The van der Waals surface area contributed by atoms with Gasteiger partial charge in [0.15, 0.2) is 0 Å². The molecule has 0 bridgehead atoms. The van der Waals surface area contributed by atoms with Gasteiger partial charge in [0.1, 0.15) is 6.42 Å². The van der Waals surface area contributed by atoms with E-state index in [2.05, 4.69) is 11.2 Å². The summed E-state index contributed by atoms with van der Waals surface area (Å²) >= 11 is 0. The highest BCUT2D eigenvalue weighted by Crippen LogP contribution is 1.99. The number of hydrogen-bond donors (Lipinski definition) is 0. The van der Waals surface area contributed by atoms with Crippen LogP contribution in [0.4, 0.5) is 0 Å². The molecule has 1 heterocycles. The summed E-state index contributed by atoms with van der Waals surface area (Å²) in [7, 11) is 0. The Hall–Kier alpha value is -0.790. The first-order chi connectivity index (χ1) is 3.39. The van der Waals surface area contributed by atoms with Gasteiger partial charge in [0.25, 0.3) is 0 Å². The van der Waals surface area contributed by atoms with Crippen molar-refractivity contribution in [2.75, 3.05) is 0 Å². The maximum atomic E-state index is 10.1. The van der Waals surface area contributed by atoms with Crippen LogP contribution in [0.3, 0.4) is 0 Å². The largest absolute Gasteiger partial charge is 0.434 e. The first kappa shape index (κ1) is 4.37. The number of hydrogen-bond acceptors (Lipinski definition) is 2. The van der Waals surface area contributed by atoms with Crippen LogP contribution in [0, 0.1) is 6.42 Å². The molecule has 2 heteroatoms. The highest BCUT2D eigenvalue weighted by molar-refractivity contribution is 5.80. The smallest absolute Gasteiger partial charge is 0.319 e. The normalized spacial score (nSPS) is 19.1. The summed E-state index contributed by atoms with van der Waals surface area (Å²) in [4.78, 5) is 10.1. The highest BCUT2D eigenvalue weighted by atomic mass is 16.5. The maximum absolute atomic E-state index is 10.1. The molecule has 2 radical (unpaired) electrons. The standard InChI is InChI=1S/C5H4O2/c6-5-3-1-2-4-7-5/h2,4H,1H2. The second-order valence-corrected chi connectivity index (χ2v) is 1.16. The number of carbonyl (C=O) groups excluding carboxylic acids is 1. The molecule has 0 aromatic rings. The molecule has 0 atom stereocenters. The lowest BCUT2D eigenvalue weighted by molar-refractivity contribution is -0.134. The maximum Gasteiger partial charge on any atom is 0.319 e. The number of esters is 1. The van der Waals surface area contributed by atoms with Gasteiger partial charge in [-0.3, -0.25) is 4.79 Å². The third-order valence-electron chi connectivity index (χ3n) is 0.636. The zero-order chi connectivity index (χ0) is 5.11. The molecule has 36 valence electrons. The van der Waals surface area contributed by atoms with E-state index in [9.17, 15) is 4.79 Å². The molecule has 0 unspecified atom stereocenters. The van der Waals surface area contributed by atoms with Crippen molar-refractivity contribution in [1.29, 1.82) is 0 Å². The first-order valence-electron chi connectivity index (χ1n) is 1.99. The van der Waals surface area contributed by atoms with Gasteiger partial charge in [-0.15, -0.1) is 0 Å². The minimum absolute atomic E-state index is 0.373. The highest BCUT2D eigenvalue weighted by Gasteiger charge is 2.02. The van der Waals surface area contributed by atoms with E-state index in [1.54, 1.807) is 6.08 Å². The second-order valence-electron chi connectivity index (χ2n) is 1.16. The lowest BCUT2D eigenvalue weighted by Gasteiger charge is -1.98. The molecule has 0 aromatic carbocycles. The van der Waals surface area contributed by atoms with E-state index < -0.39 is 0 Å². The Labute approximate surface area is 41.8 Å². The molecule has 1 rings (SSSR count). The molecular formula is C5H4O2. The Bertz CT molecular complexity index is 105. The van der Waals surface area contributed by atoms with Gasteiger partial charge in [-0.2, -0.15) is 0 Å². The van der Waals surface area contributed by atoms with Crippen LogP contribution in [0.2, 0.25) is 0 Å². The summed E-state index contributed by atoms with van der Waals surface area (Å²) < 4.78 is 4.35. The van der Waals surface area contributed by atoms with Crippen LogP contribution in [0.1, 0.15) is 6.42 Å². The van der Waals surface area contributed by atoms with Crippen molar-refractivity contribution in [3.05, 3.63) is 18.8 Å². The Morgan fingerprint density at radius 3 is 3.00 bits per heavy atom. The van der Waals surface area contributed by atoms with E-state index in [-0.39, 0.29) is 5.97 Å². The lowest BCUT2D eigenvalue weighted by atomic mass is 10.3. The molecule has 0 spiro atoms. The molecule has 1 aliphatic heterocycles. The summed E-state index contributed by atoms with van der Waals surface area (Å²) in [6.07, 6.45) is 6.11. The quantitative estimate of drug-likeness (QED) is 0.411. The van der Waals surface area contributed by atoms with E-state index in [4.69, 9.17) is 0 Å². The molecular weight excluding hydrogens is 92.1 g/mol. The SMILES string of the molecule is O=C1[C]CC=CO1. The van der Waals surface area contributed by atoms with Crippen LogP contribution < -0.4 is 0 Å². The van der Waals surface area contributed by atoms with Crippen LogP contribution in [0.15, 0.2) is 12.3 Å². The van der Waals surface area contributed by atoms with Gasteiger partial charge in [0.05, 0.1) is 6.26 Å². The average molecular weight is 96.1 g/mol. The predicted octanol–water partition coefficient (Wildman–Crippen LogP) is 0.528. The van der Waals surface area contributed by atoms with E-state index in [1.807, 2.05) is 0 Å². The summed E-state index contributed by atoms with van der Waals surface area (Å²) in [5.74, 6) is -0.373. The third-order valence-corrected chi connectivity index (χ3v) is 0.636. The summed E-state index contributed by atoms with van der Waals surface area (Å²) in [5, 5.41) is 0. The summed E-state index contributed by atoms with van der Waals surface area (Å²) in [6, 6.07) is 0. The van der Waals surface area contributed by atoms with Crippen LogP contribution in [0.5, 0.6) is 0 Å². The number of allylic oxidation sites excluding steroid dienone is 1. The third kappa shape index (κ3) is 1.03. The molecule has 0 amide bonds. The fraction of sp³-hybridized carbons (Fsp3) is 0.200. The van der Waals surface area contributed by atoms with Crippen molar-refractivity contribution in [3.63, 3.8) is 0 Å². The Morgan fingerprint density at radius 2 is 2.71 bits per heavy atom. The molecule has 1 aliphatic rings. The van der Waals surface area contributed by atoms with Crippen molar-refractivity contribution < 1.29 is 9.53 Å². The number of rotatable bonds is 0. The van der Waals surface area contributed by atoms with Crippen molar-refractivity contribution in [3.8, 4) is 0 Å². The molecule has 2 nitrogen and oxygen atoms in total. The molecule has 7 heavy (non-hydrogen) atoms. The number of carbonyl (C=O) groups is 1. The fourth-order valence-corrected chi connectivity index (χ4v) is 0.342. The van der Waals surface area contributed by atoms with E-state index >= 15 is 0 Å². The van der Waals surface area contributed by atoms with Crippen molar-refractivity contribution in [1.82, 2.24) is 0 Å². The van der Waals surface area contributed by atoms with Gasteiger partial charge in [-0.25, -0.2) is 0 Å². The fourth-order valence-electron chi connectivity index (χ4n) is 0.342. The van der Waals surface area contributed by atoms with E-state index in [0.717, 1.165) is 0 Å². The van der Waals surface area contributed by atoms with Gasteiger partial charge in [0.2, 0.25) is 0 Å². The van der Waals surface area contributed by atoms with E-state index in [1.165, 1.54) is 6.26 Å². The minimum Gasteiger partial charge on any atom is -0.434 e.